The monoisotopic (exact) mass is 606 g/mol. The second-order valence-corrected chi connectivity index (χ2v) is 14.0. The summed E-state index contributed by atoms with van der Waals surface area (Å²) in [5.74, 6) is 0.561. The molecular weight excluding hydrogens is 572 g/mol. The van der Waals surface area contributed by atoms with Crippen LogP contribution in [0.25, 0.3) is 11.3 Å². The summed E-state index contributed by atoms with van der Waals surface area (Å²) < 4.78 is 53.4. The fourth-order valence-corrected chi connectivity index (χ4v) is 8.49. The van der Waals surface area contributed by atoms with E-state index in [1.54, 1.807) is 4.90 Å². The van der Waals surface area contributed by atoms with E-state index in [0.29, 0.717) is 25.3 Å². The maximum absolute atomic E-state index is 14.0. The predicted molar refractivity (Wildman–Crippen MR) is 158 cm³/mol. The summed E-state index contributed by atoms with van der Waals surface area (Å²) in [6, 6.07) is 9.45. The molecule has 2 bridgehead atoms. The van der Waals surface area contributed by atoms with Crippen LogP contribution in [0.15, 0.2) is 39.8 Å². The maximum Gasteiger partial charge on any atom is 0.270 e. The number of morpholine rings is 1. The van der Waals surface area contributed by atoms with Gasteiger partial charge in [-0.3, -0.25) is 9.52 Å². The van der Waals surface area contributed by atoms with E-state index in [-0.39, 0.29) is 51.3 Å². The van der Waals surface area contributed by atoms with Crippen LogP contribution in [0.2, 0.25) is 0 Å². The maximum atomic E-state index is 14.0. The number of nitrogens with zero attached hydrogens (tertiary/aromatic N) is 3. The highest BCUT2D eigenvalue weighted by Gasteiger charge is 2.51. The largest absolute Gasteiger partial charge is 0.495 e. The van der Waals surface area contributed by atoms with E-state index in [4.69, 9.17) is 18.7 Å². The number of methoxy groups -OCH3 is 2. The van der Waals surface area contributed by atoms with Gasteiger partial charge in [-0.2, -0.15) is 0 Å². The first kappa shape index (κ1) is 26.8. The Morgan fingerprint density at radius 3 is 2.35 bits per heavy atom. The number of carbonyl (C=O) groups excluding carboxylic acids is 1. The molecule has 3 saturated heterocycles. The van der Waals surface area contributed by atoms with Crippen molar-refractivity contribution in [3.8, 4) is 22.8 Å². The molecule has 1 N–H and O–H groups in total. The van der Waals surface area contributed by atoms with Crippen molar-refractivity contribution < 1.29 is 31.9 Å². The molecule has 0 radical (unpaired) electrons. The minimum atomic E-state index is -4.26. The molecule has 2 unspecified atom stereocenters. The van der Waals surface area contributed by atoms with Gasteiger partial charge in [-0.05, 0) is 68.4 Å². The summed E-state index contributed by atoms with van der Waals surface area (Å²) in [6.07, 6.45) is 5.81. The Hall–Kier alpha value is -3.77. The van der Waals surface area contributed by atoms with Gasteiger partial charge in [0.15, 0.2) is 16.5 Å². The molecule has 2 aliphatic carbocycles. The summed E-state index contributed by atoms with van der Waals surface area (Å²) >= 11 is 0. The van der Waals surface area contributed by atoms with Crippen LogP contribution in [0.5, 0.6) is 11.5 Å². The lowest BCUT2D eigenvalue weighted by Gasteiger charge is -2.34. The third-order valence-corrected chi connectivity index (χ3v) is 11.1. The van der Waals surface area contributed by atoms with Gasteiger partial charge in [0.2, 0.25) is 0 Å². The SMILES string of the molecule is COc1cc(C(=O)N2CC3CCC(C2)O3)cc(OC)c1S(=O)(=O)Nc1noc2c1CC1(CC1)c1ccc(N3CCC3)cc1-2. The number of rotatable bonds is 7. The van der Waals surface area contributed by atoms with Gasteiger partial charge in [0, 0.05) is 54.0 Å². The molecule has 1 aromatic heterocycles. The third kappa shape index (κ3) is 4.28. The second-order valence-electron chi connectivity index (χ2n) is 12.3. The Labute approximate surface area is 250 Å². The van der Waals surface area contributed by atoms with Crippen LogP contribution in [0.3, 0.4) is 0 Å². The van der Waals surface area contributed by atoms with E-state index in [2.05, 4.69) is 33.0 Å². The lowest BCUT2D eigenvalue weighted by atomic mass is 9.79. The molecule has 1 saturated carbocycles. The molecule has 2 atom stereocenters. The molecule has 1 spiro atoms. The zero-order valence-electron chi connectivity index (χ0n) is 24.2. The highest BCUT2D eigenvalue weighted by atomic mass is 32.2. The summed E-state index contributed by atoms with van der Waals surface area (Å²) in [4.78, 5) is 17.3. The Morgan fingerprint density at radius 1 is 1.05 bits per heavy atom. The zero-order valence-corrected chi connectivity index (χ0v) is 25.0. The Bertz CT molecular complexity index is 1710. The van der Waals surface area contributed by atoms with Crippen molar-refractivity contribution in [3.63, 3.8) is 0 Å². The fraction of sp³-hybridized carbons (Fsp3) is 0.484. The van der Waals surface area contributed by atoms with Gasteiger partial charge >= 0.3 is 0 Å². The van der Waals surface area contributed by atoms with Crippen molar-refractivity contribution >= 4 is 27.4 Å². The molecule has 12 heteroatoms. The fourth-order valence-electron chi connectivity index (χ4n) is 7.16. The van der Waals surface area contributed by atoms with Crippen molar-refractivity contribution in [1.82, 2.24) is 10.1 Å². The van der Waals surface area contributed by atoms with E-state index in [9.17, 15) is 13.2 Å². The molecule has 4 heterocycles. The van der Waals surface area contributed by atoms with Crippen LogP contribution in [0.1, 0.15) is 53.6 Å². The van der Waals surface area contributed by atoms with Crippen molar-refractivity contribution in [1.29, 1.82) is 0 Å². The van der Waals surface area contributed by atoms with E-state index in [0.717, 1.165) is 55.6 Å². The van der Waals surface area contributed by atoms with E-state index < -0.39 is 10.0 Å². The molecule has 5 aliphatic rings. The van der Waals surface area contributed by atoms with Gasteiger partial charge in [0.25, 0.3) is 15.9 Å². The van der Waals surface area contributed by atoms with Crippen molar-refractivity contribution in [2.45, 2.75) is 61.0 Å². The summed E-state index contributed by atoms with van der Waals surface area (Å²) in [7, 11) is -1.52. The molecule has 3 aliphatic heterocycles. The van der Waals surface area contributed by atoms with Gasteiger partial charge in [-0.15, -0.1) is 0 Å². The number of hydrogen-bond acceptors (Lipinski definition) is 9. The van der Waals surface area contributed by atoms with Gasteiger partial charge < -0.3 is 28.5 Å². The van der Waals surface area contributed by atoms with Gasteiger partial charge in [0.05, 0.1) is 26.4 Å². The number of likely N-dealkylation sites (tertiary alicyclic amines) is 1. The van der Waals surface area contributed by atoms with Gasteiger partial charge in [-0.25, -0.2) is 8.42 Å². The van der Waals surface area contributed by atoms with Crippen molar-refractivity contribution in [2.75, 3.05) is 50.0 Å². The average Bonchev–Trinajstić information content (AvgIpc) is 3.52. The summed E-state index contributed by atoms with van der Waals surface area (Å²) in [6.45, 7) is 3.06. The minimum absolute atomic E-state index is 0.00647. The molecule has 226 valence electrons. The summed E-state index contributed by atoms with van der Waals surface area (Å²) in [5, 5.41) is 4.21. The normalized spacial score (nSPS) is 22.9. The molecule has 43 heavy (non-hydrogen) atoms. The topological polar surface area (TPSA) is 123 Å². The van der Waals surface area contributed by atoms with E-state index >= 15 is 0 Å². The van der Waals surface area contributed by atoms with Crippen LogP contribution in [-0.4, -0.2) is 77.0 Å². The molecule has 11 nitrogen and oxygen atoms in total. The van der Waals surface area contributed by atoms with E-state index in [1.807, 2.05) is 0 Å². The number of aromatic nitrogens is 1. The number of ether oxygens (including phenoxy) is 3. The summed E-state index contributed by atoms with van der Waals surface area (Å²) in [5.41, 5.74) is 4.38. The number of sulfonamides is 1. The second kappa shape index (κ2) is 9.62. The quantitative estimate of drug-likeness (QED) is 0.426. The third-order valence-electron chi connectivity index (χ3n) is 9.74. The highest BCUT2D eigenvalue weighted by molar-refractivity contribution is 7.93. The van der Waals surface area contributed by atoms with Crippen molar-refractivity contribution in [3.05, 3.63) is 47.0 Å². The zero-order chi connectivity index (χ0) is 29.5. The van der Waals surface area contributed by atoms with Crippen molar-refractivity contribution in [2.24, 2.45) is 0 Å². The number of fused-ring (bicyclic) bond motifs is 6. The predicted octanol–water partition coefficient (Wildman–Crippen LogP) is 3.96. The average molecular weight is 607 g/mol. The number of amides is 1. The van der Waals surface area contributed by atoms with Crippen LogP contribution >= 0.6 is 0 Å². The minimum Gasteiger partial charge on any atom is -0.495 e. The lowest BCUT2D eigenvalue weighted by molar-refractivity contribution is -0.0303. The number of hydrogen-bond donors (Lipinski definition) is 1. The van der Waals surface area contributed by atoms with E-state index in [1.165, 1.54) is 38.3 Å². The smallest absolute Gasteiger partial charge is 0.270 e. The molecular formula is C31H34N4O7S. The molecule has 3 aromatic rings. The first-order chi connectivity index (χ1) is 20.8. The number of anilines is 2. The molecule has 8 rings (SSSR count). The Morgan fingerprint density at radius 2 is 1.74 bits per heavy atom. The first-order valence-electron chi connectivity index (χ1n) is 14.9. The lowest BCUT2D eigenvalue weighted by Crippen LogP contribution is -2.45. The van der Waals surface area contributed by atoms with Crippen LogP contribution in [0, 0.1) is 0 Å². The van der Waals surface area contributed by atoms with Crippen LogP contribution in [0.4, 0.5) is 11.5 Å². The van der Waals surface area contributed by atoms with Crippen LogP contribution < -0.4 is 19.1 Å². The Balaban J connectivity index is 1.13. The molecule has 4 fully saturated rings. The number of benzene rings is 2. The highest BCUT2D eigenvalue weighted by Crippen LogP contribution is 2.59. The molecule has 2 aromatic carbocycles. The Kier molecular flexibility index (Phi) is 6.00. The molecule has 1 amide bonds. The first-order valence-corrected chi connectivity index (χ1v) is 16.4. The van der Waals surface area contributed by atoms with Gasteiger partial charge in [0.1, 0.15) is 11.5 Å². The van der Waals surface area contributed by atoms with Gasteiger partial charge in [-0.1, -0.05) is 11.2 Å². The number of carbonyl (C=O) groups is 1. The standard InChI is InChI=1S/C31H34N4O7S/c1-39-25-12-18(30(36)35-16-20-5-6-21(17-35)41-20)13-26(40-2)28(25)43(37,38)33-29-23-15-31(8-9-31)24-7-4-19(34-10-3-11-34)14-22(24)27(23)42-32-29/h4,7,12-14,20-21H,3,5-6,8-11,15-17H2,1-2H3,(H,32,33). The number of nitrogens with one attached hydrogen (secondary N) is 1. The van der Waals surface area contributed by atoms with Crippen LogP contribution in [-0.2, 0) is 26.6 Å².